The van der Waals surface area contributed by atoms with Crippen molar-refractivity contribution in [3.63, 3.8) is 0 Å². The number of benzene rings is 1. The summed E-state index contributed by atoms with van der Waals surface area (Å²) in [5.41, 5.74) is 15.4. The predicted octanol–water partition coefficient (Wildman–Crippen LogP) is 1.22. The molecule has 1 atom stereocenters. The van der Waals surface area contributed by atoms with Gasteiger partial charge in [-0.1, -0.05) is 0 Å². The fraction of sp³-hybridized carbons (Fsp3) is 0.346. The summed E-state index contributed by atoms with van der Waals surface area (Å²) in [4.78, 5) is 29.6. The maximum absolute atomic E-state index is 14.6. The Kier molecular flexibility index (Phi) is 6.11. The first kappa shape index (κ1) is 25.0. The molecule has 0 saturated heterocycles. The van der Waals surface area contributed by atoms with E-state index in [-0.39, 0.29) is 30.8 Å². The number of ether oxygens (including phenoxy) is 1. The number of methoxy groups -OCH3 is 1. The van der Waals surface area contributed by atoms with Crippen LogP contribution in [0, 0.1) is 12.7 Å². The van der Waals surface area contributed by atoms with Gasteiger partial charge in [-0.05, 0) is 43.0 Å². The van der Waals surface area contributed by atoms with Gasteiger partial charge in [0.1, 0.15) is 11.9 Å². The number of fused-ring (bicyclic) bond motifs is 4. The Morgan fingerprint density at radius 3 is 2.73 bits per heavy atom. The van der Waals surface area contributed by atoms with Crippen LogP contribution in [-0.4, -0.2) is 38.6 Å². The molecule has 1 aliphatic carbocycles. The number of carbonyl (C=O) groups excluding carboxylic acids is 1. The highest BCUT2D eigenvalue weighted by Crippen LogP contribution is 2.39. The number of aryl methyl sites for hydroxylation is 1. The fourth-order valence-corrected chi connectivity index (χ4v) is 4.87. The van der Waals surface area contributed by atoms with E-state index in [1.807, 2.05) is 0 Å². The quantitative estimate of drug-likeness (QED) is 0.156. The first-order valence-corrected chi connectivity index (χ1v) is 11.9. The van der Waals surface area contributed by atoms with Crippen LogP contribution in [0.15, 0.2) is 34.9 Å². The standard InChI is InChI=1S/C26H29FN6O4/c1-13-5-14-16(8-32(30)10-23(28)26(29)3-4-26)17-9-33-21(24(17)31-20(14)7-19(13)27)6-15(22(35)11-34)18(12-37-2)25(33)36/h5-7,10-11,22,35H,3-4,8-9,12,28-30H2,1-2H3/b23-10-. The Bertz CT molecular complexity index is 1530. The van der Waals surface area contributed by atoms with Crippen molar-refractivity contribution >= 4 is 17.2 Å². The Labute approximate surface area is 212 Å². The number of aromatic nitrogens is 2. The lowest BCUT2D eigenvalue weighted by molar-refractivity contribution is -0.115. The molecular formula is C26H29FN6O4. The Morgan fingerprint density at radius 2 is 2.08 bits per heavy atom. The molecule has 0 amide bonds. The van der Waals surface area contributed by atoms with Gasteiger partial charge in [0.05, 0.1) is 42.1 Å². The molecule has 7 N–H and O–H groups in total. The largest absolute Gasteiger partial charge is 0.399 e. The second-order valence-electron chi connectivity index (χ2n) is 9.82. The van der Waals surface area contributed by atoms with Gasteiger partial charge in [-0.25, -0.2) is 15.2 Å². The molecule has 1 unspecified atom stereocenters. The number of hydrogen-bond donors (Lipinski definition) is 4. The van der Waals surface area contributed by atoms with Gasteiger partial charge >= 0.3 is 0 Å². The van der Waals surface area contributed by atoms with Crippen LogP contribution < -0.4 is 22.9 Å². The summed E-state index contributed by atoms with van der Waals surface area (Å²) >= 11 is 0. The second kappa shape index (κ2) is 9.03. The smallest absolute Gasteiger partial charge is 0.257 e. The third-order valence-electron chi connectivity index (χ3n) is 7.22. The normalized spacial score (nSPS) is 16.4. The molecule has 2 aromatic heterocycles. The second-order valence-corrected chi connectivity index (χ2v) is 9.82. The van der Waals surface area contributed by atoms with Crippen molar-refractivity contribution in [2.45, 2.75) is 51.1 Å². The summed E-state index contributed by atoms with van der Waals surface area (Å²) in [7, 11) is 1.43. The van der Waals surface area contributed by atoms with Crippen molar-refractivity contribution in [2.75, 3.05) is 7.11 Å². The van der Waals surface area contributed by atoms with Crippen LogP contribution in [0.1, 0.15) is 46.8 Å². The van der Waals surface area contributed by atoms with Crippen LogP contribution >= 0.6 is 0 Å². The van der Waals surface area contributed by atoms with E-state index >= 15 is 0 Å². The highest BCUT2D eigenvalue weighted by atomic mass is 19.1. The molecule has 1 fully saturated rings. The number of hydrazine groups is 1. The molecule has 10 nitrogen and oxygen atoms in total. The molecule has 1 saturated carbocycles. The number of rotatable bonds is 8. The van der Waals surface area contributed by atoms with Crippen molar-refractivity contribution in [2.24, 2.45) is 17.3 Å². The molecule has 1 aliphatic heterocycles. The van der Waals surface area contributed by atoms with E-state index in [9.17, 15) is 19.1 Å². The minimum Gasteiger partial charge on any atom is -0.399 e. The molecule has 0 bridgehead atoms. The number of aliphatic hydroxyl groups is 1. The van der Waals surface area contributed by atoms with Crippen LogP contribution in [0.5, 0.6) is 0 Å². The van der Waals surface area contributed by atoms with Crippen LogP contribution in [0.3, 0.4) is 0 Å². The van der Waals surface area contributed by atoms with E-state index in [4.69, 9.17) is 27.0 Å². The SMILES string of the molecule is COCc1c(C(O)C=O)cc2n(c1=O)Cc1c-2nc2cc(F)c(C)cc2c1CN(N)/C=C(\N)C1(N)CC1. The van der Waals surface area contributed by atoms with Crippen molar-refractivity contribution in [1.82, 2.24) is 14.6 Å². The third-order valence-corrected chi connectivity index (χ3v) is 7.22. The Hall–Kier alpha value is -3.64. The van der Waals surface area contributed by atoms with Gasteiger partial charge in [0.15, 0.2) is 6.29 Å². The molecule has 11 heteroatoms. The van der Waals surface area contributed by atoms with E-state index in [1.165, 1.54) is 22.8 Å². The van der Waals surface area contributed by atoms with Crippen LogP contribution in [0.25, 0.3) is 22.3 Å². The highest BCUT2D eigenvalue weighted by molar-refractivity contribution is 5.88. The van der Waals surface area contributed by atoms with Crippen molar-refractivity contribution in [1.29, 1.82) is 0 Å². The van der Waals surface area contributed by atoms with Gasteiger partial charge < -0.3 is 35.7 Å². The van der Waals surface area contributed by atoms with Crippen LogP contribution in [-0.2, 0) is 29.2 Å². The summed E-state index contributed by atoms with van der Waals surface area (Å²) in [5.74, 6) is 5.92. The number of aliphatic hydroxyl groups excluding tert-OH is 1. The van der Waals surface area contributed by atoms with E-state index in [1.54, 1.807) is 25.3 Å². The van der Waals surface area contributed by atoms with Crippen molar-refractivity contribution in [3.05, 3.63) is 74.1 Å². The number of hydrogen-bond acceptors (Lipinski definition) is 9. The van der Waals surface area contributed by atoms with Gasteiger partial charge in [-0.15, -0.1) is 0 Å². The minimum absolute atomic E-state index is 0.0795. The fourth-order valence-electron chi connectivity index (χ4n) is 4.87. The lowest BCUT2D eigenvalue weighted by atomic mass is 9.98. The molecule has 2 aliphatic rings. The average molecular weight is 509 g/mol. The number of halogens is 1. The zero-order valence-electron chi connectivity index (χ0n) is 20.6. The van der Waals surface area contributed by atoms with E-state index < -0.39 is 23.0 Å². The number of aldehydes is 1. The summed E-state index contributed by atoms with van der Waals surface area (Å²) in [5, 5.41) is 12.4. The van der Waals surface area contributed by atoms with E-state index in [0.717, 1.165) is 24.0 Å². The zero-order valence-corrected chi connectivity index (χ0v) is 20.6. The minimum atomic E-state index is -1.51. The molecule has 3 aromatic rings. The van der Waals surface area contributed by atoms with Gasteiger partial charge in [0.25, 0.3) is 5.56 Å². The summed E-state index contributed by atoms with van der Waals surface area (Å²) in [6.45, 7) is 1.96. The van der Waals surface area contributed by atoms with Gasteiger partial charge in [-0.3, -0.25) is 4.79 Å². The number of pyridine rings is 2. The number of nitrogens with zero attached hydrogens (tertiary/aromatic N) is 3. The predicted molar refractivity (Wildman–Crippen MR) is 135 cm³/mol. The first-order chi connectivity index (χ1) is 17.6. The summed E-state index contributed by atoms with van der Waals surface area (Å²) < 4.78 is 21.2. The monoisotopic (exact) mass is 508 g/mol. The molecule has 37 heavy (non-hydrogen) atoms. The van der Waals surface area contributed by atoms with Crippen LogP contribution in [0.4, 0.5) is 4.39 Å². The molecule has 194 valence electrons. The Balaban J connectivity index is 1.71. The molecule has 1 aromatic carbocycles. The molecule has 5 rings (SSSR count). The maximum atomic E-state index is 14.6. The van der Waals surface area contributed by atoms with Gasteiger partial charge in [-0.2, -0.15) is 0 Å². The topological polar surface area (TPSA) is 163 Å². The molecule has 3 heterocycles. The van der Waals surface area contributed by atoms with Crippen molar-refractivity contribution < 1.29 is 19.0 Å². The van der Waals surface area contributed by atoms with E-state index in [2.05, 4.69) is 0 Å². The van der Waals surface area contributed by atoms with Crippen LogP contribution in [0.2, 0.25) is 0 Å². The van der Waals surface area contributed by atoms with E-state index in [0.29, 0.717) is 39.8 Å². The zero-order chi connectivity index (χ0) is 26.6. The first-order valence-electron chi connectivity index (χ1n) is 11.9. The molecular weight excluding hydrogens is 479 g/mol. The lowest BCUT2D eigenvalue weighted by Crippen LogP contribution is -2.34. The highest BCUT2D eigenvalue weighted by Gasteiger charge is 2.41. The van der Waals surface area contributed by atoms with Gasteiger partial charge in [0.2, 0.25) is 0 Å². The number of carbonyl (C=O) groups is 1. The van der Waals surface area contributed by atoms with Crippen molar-refractivity contribution in [3.8, 4) is 11.4 Å². The maximum Gasteiger partial charge on any atom is 0.257 e. The lowest BCUT2D eigenvalue weighted by Gasteiger charge is -2.20. The average Bonchev–Trinajstić information content (AvgIpc) is 3.51. The van der Waals surface area contributed by atoms with Gasteiger partial charge in [0, 0.05) is 47.1 Å². The Morgan fingerprint density at radius 1 is 1.35 bits per heavy atom. The summed E-state index contributed by atoms with van der Waals surface area (Å²) in [6, 6.07) is 4.63. The third kappa shape index (κ3) is 4.19. The molecule has 0 radical (unpaired) electrons. The molecule has 0 spiro atoms. The summed E-state index contributed by atoms with van der Waals surface area (Å²) in [6.07, 6.45) is 2.02. The number of nitrogens with two attached hydrogens (primary N) is 3.